The summed E-state index contributed by atoms with van der Waals surface area (Å²) in [7, 11) is 1.56. The fourth-order valence-electron chi connectivity index (χ4n) is 4.36. The Morgan fingerprint density at radius 3 is 2.51 bits per heavy atom. The molecule has 8 heteroatoms. The van der Waals surface area contributed by atoms with Crippen molar-refractivity contribution in [3.63, 3.8) is 0 Å². The molecule has 2 unspecified atom stereocenters. The highest BCUT2D eigenvalue weighted by Crippen LogP contribution is 2.48. The molecule has 0 bridgehead atoms. The van der Waals surface area contributed by atoms with E-state index in [9.17, 15) is 19.1 Å². The predicted molar refractivity (Wildman–Crippen MR) is 138 cm³/mol. The second-order valence-electron chi connectivity index (χ2n) is 9.32. The van der Waals surface area contributed by atoms with Gasteiger partial charge in [0.1, 0.15) is 35.9 Å². The molecule has 0 saturated carbocycles. The standard InChI is InChI=1S/C29H31FN2O5/c1-17(2)16-32-28(34)20-7-10-24(36-13-12-33)22(15-20)19-6-11-25-23(14-19)26(29(35)31-3)27(37-25)18-4-8-21(30)9-5-18/h4-11,14-15,17,26-27,33H,12-13,16H2,1-3H3,(H,31,35)(H,32,34). The molecule has 7 nitrogen and oxygen atoms in total. The quantitative estimate of drug-likeness (QED) is 0.404. The molecule has 37 heavy (non-hydrogen) atoms. The maximum Gasteiger partial charge on any atom is 0.251 e. The van der Waals surface area contributed by atoms with Crippen molar-refractivity contribution in [3.8, 4) is 22.6 Å². The fraction of sp³-hybridized carbons (Fsp3) is 0.310. The summed E-state index contributed by atoms with van der Waals surface area (Å²) in [6.45, 7) is 4.52. The maximum atomic E-state index is 13.5. The number of hydrogen-bond acceptors (Lipinski definition) is 5. The fourth-order valence-corrected chi connectivity index (χ4v) is 4.36. The van der Waals surface area contributed by atoms with Gasteiger partial charge in [-0.2, -0.15) is 0 Å². The number of carbonyl (C=O) groups is 2. The van der Waals surface area contributed by atoms with Crippen LogP contribution >= 0.6 is 0 Å². The number of amides is 2. The molecule has 0 aromatic heterocycles. The Morgan fingerprint density at radius 1 is 1.08 bits per heavy atom. The van der Waals surface area contributed by atoms with Crippen LogP contribution in [0.2, 0.25) is 0 Å². The monoisotopic (exact) mass is 506 g/mol. The molecule has 1 heterocycles. The Labute approximate surface area is 215 Å². The van der Waals surface area contributed by atoms with Crippen molar-refractivity contribution in [2.45, 2.75) is 25.9 Å². The first-order valence-corrected chi connectivity index (χ1v) is 12.3. The molecule has 3 aromatic rings. The number of hydrogen-bond donors (Lipinski definition) is 3. The molecule has 4 rings (SSSR count). The second-order valence-corrected chi connectivity index (χ2v) is 9.32. The summed E-state index contributed by atoms with van der Waals surface area (Å²) in [6, 6.07) is 16.5. The van der Waals surface area contributed by atoms with Crippen molar-refractivity contribution >= 4 is 11.8 Å². The van der Waals surface area contributed by atoms with E-state index < -0.39 is 12.0 Å². The largest absolute Gasteiger partial charge is 0.491 e. The Hall–Kier alpha value is -3.91. The minimum atomic E-state index is -0.662. The number of aliphatic hydroxyl groups is 1. The molecule has 3 N–H and O–H groups in total. The van der Waals surface area contributed by atoms with Gasteiger partial charge in [-0.15, -0.1) is 0 Å². The van der Waals surface area contributed by atoms with Gasteiger partial charge in [-0.3, -0.25) is 9.59 Å². The van der Waals surface area contributed by atoms with Crippen LogP contribution in [0.25, 0.3) is 11.1 Å². The van der Waals surface area contributed by atoms with Crippen molar-refractivity contribution in [1.29, 1.82) is 0 Å². The van der Waals surface area contributed by atoms with Crippen molar-refractivity contribution in [1.82, 2.24) is 10.6 Å². The summed E-state index contributed by atoms with van der Waals surface area (Å²) in [5, 5.41) is 14.9. The highest BCUT2D eigenvalue weighted by molar-refractivity contribution is 5.96. The van der Waals surface area contributed by atoms with Gasteiger partial charge >= 0.3 is 0 Å². The molecule has 0 radical (unpaired) electrons. The van der Waals surface area contributed by atoms with Gasteiger partial charge in [0.15, 0.2) is 0 Å². The third-order valence-corrected chi connectivity index (χ3v) is 6.20. The lowest BCUT2D eigenvalue weighted by Gasteiger charge is -2.18. The highest BCUT2D eigenvalue weighted by atomic mass is 19.1. The van der Waals surface area contributed by atoms with Crippen LogP contribution in [0.3, 0.4) is 0 Å². The molecule has 1 aliphatic heterocycles. The van der Waals surface area contributed by atoms with E-state index >= 15 is 0 Å². The lowest BCUT2D eigenvalue weighted by molar-refractivity contribution is -0.123. The van der Waals surface area contributed by atoms with E-state index in [-0.39, 0.29) is 30.8 Å². The number of halogens is 1. The van der Waals surface area contributed by atoms with Crippen LogP contribution in [0.4, 0.5) is 4.39 Å². The summed E-state index contributed by atoms with van der Waals surface area (Å²) < 4.78 is 25.4. The first kappa shape index (κ1) is 26.2. The van der Waals surface area contributed by atoms with E-state index in [2.05, 4.69) is 10.6 Å². The smallest absolute Gasteiger partial charge is 0.251 e. The SMILES string of the molecule is CNC(=O)C1c2cc(-c3cc(C(=O)NCC(C)C)ccc3OCCO)ccc2OC1c1ccc(F)cc1. The number of carbonyl (C=O) groups excluding carboxylic acids is 2. The first-order chi connectivity index (χ1) is 17.8. The van der Waals surface area contributed by atoms with E-state index in [0.717, 1.165) is 5.56 Å². The van der Waals surface area contributed by atoms with Gasteiger partial charge < -0.3 is 25.2 Å². The maximum absolute atomic E-state index is 13.5. The summed E-state index contributed by atoms with van der Waals surface area (Å²) in [6.07, 6.45) is -0.621. The molecule has 3 aromatic carbocycles. The van der Waals surface area contributed by atoms with E-state index in [1.807, 2.05) is 26.0 Å². The minimum absolute atomic E-state index is 0.0907. The third kappa shape index (κ3) is 5.75. The Balaban J connectivity index is 1.75. The molecule has 2 atom stereocenters. The number of rotatable bonds is 9. The number of ether oxygens (including phenoxy) is 2. The average Bonchev–Trinajstić information content (AvgIpc) is 3.29. The first-order valence-electron chi connectivity index (χ1n) is 12.3. The van der Waals surface area contributed by atoms with Gasteiger partial charge in [0, 0.05) is 30.3 Å². The molecule has 0 fully saturated rings. The number of nitrogens with one attached hydrogen (secondary N) is 2. The topological polar surface area (TPSA) is 96.9 Å². The summed E-state index contributed by atoms with van der Waals surface area (Å²) in [5.74, 6) is -0.106. The minimum Gasteiger partial charge on any atom is -0.491 e. The van der Waals surface area contributed by atoms with Crippen molar-refractivity contribution < 1.29 is 28.6 Å². The van der Waals surface area contributed by atoms with Crippen molar-refractivity contribution in [3.05, 3.63) is 83.2 Å². The zero-order chi connectivity index (χ0) is 26.5. The van der Waals surface area contributed by atoms with Crippen LogP contribution in [0.1, 0.15) is 47.4 Å². The van der Waals surface area contributed by atoms with E-state index in [1.54, 1.807) is 43.4 Å². The van der Waals surface area contributed by atoms with Crippen LogP contribution in [0.15, 0.2) is 60.7 Å². The van der Waals surface area contributed by atoms with Gasteiger partial charge in [0.2, 0.25) is 5.91 Å². The molecule has 0 aliphatic carbocycles. The van der Waals surface area contributed by atoms with Crippen LogP contribution in [0, 0.1) is 11.7 Å². The summed E-state index contributed by atoms with van der Waals surface area (Å²) >= 11 is 0. The molecular formula is C29H31FN2O5. The predicted octanol–water partition coefficient (Wildman–Crippen LogP) is 4.21. The third-order valence-electron chi connectivity index (χ3n) is 6.20. The van der Waals surface area contributed by atoms with Crippen LogP contribution < -0.4 is 20.1 Å². The molecular weight excluding hydrogens is 475 g/mol. The Bertz CT molecular complexity index is 1280. The number of benzene rings is 3. The Kier molecular flexibility index (Phi) is 8.08. The van der Waals surface area contributed by atoms with E-state index in [0.29, 0.717) is 46.2 Å². The van der Waals surface area contributed by atoms with Gasteiger partial charge in [0.25, 0.3) is 5.91 Å². The molecule has 194 valence electrons. The summed E-state index contributed by atoms with van der Waals surface area (Å²) in [5.41, 5.74) is 3.20. The van der Waals surface area contributed by atoms with E-state index in [4.69, 9.17) is 9.47 Å². The molecule has 2 amide bonds. The van der Waals surface area contributed by atoms with Gasteiger partial charge in [0.05, 0.1) is 6.61 Å². The molecule has 0 spiro atoms. The van der Waals surface area contributed by atoms with Crippen LogP contribution in [-0.2, 0) is 4.79 Å². The lowest BCUT2D eigenvalue weighted by atomic mass is 9.88. The highest BCUT2D eigenvalue weighted by Gasteiger charge is 2.40. The molecule has 0 saturated heterocycles. The second kappa shape index (κ2) is 11.4. The Morgan fingerprint density at radius 2 is 1.84 bits per heavy atom. The molecule has 1 aliphatic rings. The average molecular weight is 507 g/mol. The zero-order valence-electron chi connectivity index (χ0n) is 21.1. The van der Waals surface area contributed by atoms with Crippen molar-refractivity contribution in [2.75, 3.05) is 26.8 Å². The number of aliphatic hydroxyl groups excluding tert-OH is 1. The van der Waals surface area contributed by atoms with Gasteiger partial charge in [-0.1, -0.05) is 32.0 Å². The van der Waals surface area contributed by atoms with Gasteiger partial charge in [-0.25, -0.2) is 4.39 Å². The zero-order valence-corrected chi connectivity index (χ0v) is 21.1. The van der Waals surface area contributed by atoms with E-state index in [1.165, 1.54) is 12.1 Å². The van der Waals surface area contributed by atoms with Crippen molar-refractivity contribution in [2.24, 2.45) is 5.92 Å². The summed E-state index contributed by atoms with van der Waals surface area (Å²) in [4.78, 5) is 25.7. The normalized spacial score (nSPS) is 16.2. The van der Waals surface area contributed by atoms with Crippen LogP contribution in [-0.4, -0.2) is 43.7 Å². The van der Waals surface area contributed by atoms with Crippen LogP contribution in [0.5, 0.6) is 11.5 Å². The van der Waals surface area contributed by atoms with Gasteiger partial charge in [-0.05, 0) is 59.5 Å². The lowest BCUT2D eigenvalue weighted by Crippen LogP contribution is -2.28. The number of fused-ring (bicyclic) bond motifs is 1. The number of likely N-dealkylation sites (N-methyl/N-ethyl adjacent to an activating group) is 1.